The molecule has 1 atom stereocenters. The van der Waals surface area contributed by atoms with E-state index in [-0.39, 0.29) is 8.90 Å². The van der Waals surface area contributed by atoms with E-state index in [1.807, 2.05) is 50.6 Å². The molecule has 134 valence electrons. The zero-order valence-corrected chi connectivity index (χ0v) is 14.4. The van der Waals surface area contributed by atoms with Crippen molar-refractivity contribution in [1.29, 1.82) is 0 Å². The minimum atomic E-state index is -0.486. The van der Waals surface area contributed by atoms with Gasteiger partial charge in [0.05, 0.1) is 0 Å². The van der Waals surface area contributed by atoms with Crippen LogP contribution in [0, 0.1) is 0 Å². The van der Waals surface area contributed by atoms with Crippen molar-refractivity contribution in [1.82, 2.24) is 5.32 Å². The van der Waals surface area contributed by atoms with E-state index in [1.54, 1.807) is 12.2 Å². The van der Waals surface area contributed by atoms with Gasteiger partial charge in [-0.2, -0.15) is 0 Å². The van der Waals surface area contributed by atoms with E-state index in [9.17, 15) is 4.79 Å². The molecular formula is C18H31N5O. The van der Waals surface area contributed by atoms with Crippen LogP contribution >= 0.6 is 0 Å². The molecule has 0 spiro atoms. The highest BCUT2D eigenvalue weighted by Gasteiger charge is 2.12. The lowest BCUT2D eigenvalue weighted by Gasteiger charge is -2.09. The monoisotopic (exact) mass is 333 g/mol. The first-order valence-corrected chi connectivity index (χ1v) is 7.81. The minimum absolute atomic E-state index is 0. The number of carbonyl (C=O) groups is 1. The van der Waals surface area contributed by atoms with Crippen LogP contribution in [0.4, 0.5) is 0 Å². The predicted octanol–water partition coefficient (Wildman–Crippen LogP) is 2.48. The number of carbonyl (C=O) groups excluding carboxylic acids is 1. The summed E-state index contributed by atoms with van der Waals surface area (Å²) < 4.78 is 0. The van der Waals surface area contributed by atoms with Crippen LogP contribution in [0.5, 0.6) is 0 Å². The fraction of sp³-hybridized carbons (Fsp3) is 0.278. The summed E-state index contributed by atoms with van der Waals surface area (Å²) in [6, 6.07) is -0.111. The van der Waals surface area contributed by atoms with Crippen LogP contribution in [0.2, 0.25) is 0 Å². The Morgan fingerprint density at radius 1 is 1.42 bits per heavy atom. The summed E-state index contributed by atoms with van der Waals surface area (Å²) in [5, 5.41) is 3.02. The van der Waals surface area contributed by atoms with Gasteiger partial charge in [-0.1, -0.05) is 50.8 Å². The molecule has 0 aromatic carbocycles. The van der Waals surface area contributed by atoms with Gasteiger partial charge in [0.2, 0.25) is 0 Å². The normalized spacial score (nSPS) is 18.5. The van der Waals surface area contributed by atoms with Gasteiger partial charge in [0.15, 0.2) is 0 Å². The highest BCUT2D eigenvalue weighted by atomic mass is 16.1. The van der Waals surface area contributed by atoms with Crippen molar-refractivity contribution in [2.45, 2.75) is 26.3 Å². The topological polar surface area (TPSA) is 106 Å². The zero-order chi connectivity index (χ0) is 18.2. The highest BCUT2D eigenvalue weighted by Crippen LogP contribution is 2.00. The van der Waals surface area contributed by atoms with Gasteiger partial charge >= 0.3 is 0 Å². The SMILES string of the molecule is C=C/C=C\C=C\C1=CNCN=C1.CC.NC(=O)C1=NC=CC(N)C1.[HH].[HH]. The highest BCUT2D eigenvalue weighted by molar-refractivity contribution is 6.38. The smallest absolute Gasteiger partial charge is 0.263 e. The summed E-state index contributed by atoms with van der Waals surface area (Å²) in [4.78, 5) is 18.3. The third-order valence-electron chi connectivity index (χ3n) is 2.62. The second-order valence-electron chi connectivity index (χ2n) is 4.45. The summed E-state index contributed by atoms with van der Waals surface area (Å²) in [5.41, 5.74) is 11.9. The first-order valence-electron chi connectivity index (χ1n) is 7.81. The van der Waals surface area contributed by atoms with Crippen LogP contribution in [0.25, 0.3) is 0 Å². The number of rotatable bonds is 4. The van der Waals surface area contributed by atoms with E-state index in [4.69, 9.17) is 11.5 Å². The van der Waals surface area contributed by atoms with Crippen molar-refractivity contribution >= 4 is 17.8 Å². The van der Waals surface area contributed by atoms with Gasteiger partial charge in [0.1, 0.15) is 12.4 Å². The molecule has 24 heavy (non-hydrogen) atoms. The number of nitrogens with zero attached hydrogens (tertiary/aromatic N) is 2. The van der Waals surface area contributed by atoms with Crippen molar-refractivity contribution in [3.63, 3.8) is 0 Å². The Morgan fingerprint density at radius 3 is 2.67 bits per heavy atom. The molecular weight excluding hydrogens is 302 g/mol. The number of nitrogens with two attached hydrogens (primary N) is 2. The molecule has 2 rings (SSSR count). The van der Waals surface area contributed by atoms with E-state index in [0.717, 1.165) is 5.57 Å². The molecule has 0 radical (unpaired) electrons. The van der Waals surface area contributed by atoms with Gasteiger partial charge in [-0.05, 0) is 6.08 Å². The molecule has 0 aromatic heterocycles. The van der Waals surface area contributed by atoms with E-state index in [2.05, 4.69) is 21.9 Å². The number of amides is 1. The third-order valence-corrected chi connectivity index (χ3v) is 2.62. The van der Waals surface area contributed by atoms with E-state index in [0.29, 0.717) is 18.8 Å². The molecule has 2 heterocycles. The molecule has 2 aliphatic rings. The summed E-state index contributed by atoms with van der Waals surface area (Å²) >= 11 is 0. The van der Waals surface area contributed by atoms with Gasteiger partial charge in [-0.15, -0.1) is 0 Å². The standard InChI is InChI=1S/C10H12N2.C6H9N3O.C2H6.2H2/c1-2-3-4-5-6-10-7-11-9-12-8-10;7-4-1-2-9-5(3-4)6(8)10;1-2;;/h2-8,11H,1,9H2;1-2,4H,3,7H2,(H2,8,10);1-2H3;2*1H/b4-3-,6-5+;;;;. The Morgan fingerprint density at radius 2 is 2.17 bits per heavy atom. The summed E-state index contributed by atoms with van der Waals surface area (Å²) in [6.07, 6.45) is 16.9. The predicted molar refractivity (Wildman–Crippen MR) is 107 cm³/mol. The van der Waals surface area contributed by atoms with Gasteiger partial charge in [0.25, 0.3) is 5.91 Å². The van der Waals surface area contributed by atoms with Gasteiger partial charge in [0, 0.05) is 39.5 Å². The molecule has 0 fully saturated rings. The van der Waals surface area contributed by atoms with Gasteiger partial charge in [-0.25, -0.2) is 0 Å². The van der Waals surface area contributed by atoms with Crippen molar-refractivity contribution in [3.05, 3.63) is 61.0 Å². The lowest BCUT2D eigenvalue weighted by Crippen LogP contribution is -2.31. The molecule has 0 saturated heterocycles. The van der Waals surface area contributed by atoms with Crippen LogP contribution in [0.3, 0.4) is 0 Å². The maximum Gasteiger partial charge on any atom is 0.263 e. The third kappa shape index (κ3) is 10.1. The van der Waals surface area contributed by atoms with Crippen molar-refractivity contribution in [3.8, 4) is 0 Å². The van der Waals surface area contributed by atoms with Crippen LogP contribution < -0.4 is 16.8 Å². The Balaban J connectivity index is -0.000000350. The first-order chi connectivity index (χ1) is 11.6. The van der Waals surface area contributed by atoms with Gasteiger partial charge < -0.3 is 16.8 Å². The number of aliphatic imine (C=N–C) groups is 2. The van der Waals surface area contributed by atoms with Crippen molar-refractivity contribution in [2.24, 2.45) is 21.5 Å². The summed E-state index contributed by atoms with van der Waals surface area (Å²) in [6.45, 7) is 8.25. The van der Waals surface area contributed by atoms with Crippen molar-refractivity contribution in [2.75, 3.05) is 6.67 Å². The molecule has 1 unspecified atom stereocenters. The van der Waals surface area contributed by atoms with E-state index in [1.165, 1.54) is 6.20 Å². The average Bonchev–Trinajstić information content (AvgIpc) is 2.62. The Bertz CT molecular complexity index is 578. The first kappa shape index (κ1) is 21.3. The molecule has 1 amide bonds. The molecule has 0 aliphatic carbocycles. The minimum Gasteiger partial charge on any atom is -0.372 e. The Labute approximate surface area is 147 Å². The number of hydrogen-bond donors (Lipinski definition) is 3. The second kappa shape index (κ2) is 13.9. The van der Waals surface area contributed by atoms with Crippen LogP contribution in [0.1, 0.15) is 23.1 Å². The molecule has 2 aliphatic heterocycles. The second-order valence-corrected chi connectivity index (χ2v) is 4.45. The van der Waals surface area contributed by atoms with Crippen LogP contribution in [0.15, 0.2) is 71.0 Å². The Hall–Kier alpha value is -2.73. The van der Waals surface area contributed by atoms with E-state index >= 15 is 0 Å². The number of primary amides is 1. The molecule has 5 N–H and O–H groups in total. The molecule has 0 bridgehead atoms. The van der Waals surface area contributed by atoms with E-state index < -0.39 is 5.91 Å². The summed E-state index contributed by atoms with van der Waals surface area (Å²) in [5.74, 6) is -0.486. The fourth-order valence-corrected chi connectivity index (χ4v) is 1.56. The number of hydrogen-bond acceptors (Lipinski definition) is 5. The van der Waals surface area contributed by atoms with Crippen molar-refractivity contribution < 1.29 is 7.65 Å². The average molecular weight is 333 g/mol. The quantitative estimate of drug-likeness (QED) is 0.688. The molecule has 0 aromatic rings. The largest absolute Gasteiger partial charge is 0.372 e. The van der Waals surface area contributed by atoms with Crippen LogP contribution in [-0.4, -0.2) is 30.5 Å². The fourth-order valence-electron chi connectivity index (χ4n) is 1.56. The molecule has 0 saturated carbocycles. The molecule has 6 heteroatoms. The number of allylic oxidation sites excluding steroid dienone is 6. The van der Waals surface area contributed by atoms with Crippen LogP contribution in [-0.2, 0) is 4.79 Å². The lowest BCUT2D eigenvalue weighted by molar-refractivity contribution is -0.112. The number of nitrogens with one attached hydrogen (secondary N) is 1. The lowest BCUT2D eigenvalue weighted by atomic mass is 10.1. The zero-order valence-electron chi connectivity index (χ0n) is 14.4. The maximum absolute atomic E-state index is 10.5. The van der Waals surface area contributed by atoms with Gasteiger partial charge in [-0.3, -0.25) is 14.8 Å². The maximum atomic E-state index is 10.5. The summed E-state index contributed by atoms with van der Waals surface area (Å²) in [7, 11) is 0. The Kier molecular flexibility index (Phi) is 12.3. The molecule has 6 nitrogen and oxygen atoms in total.